The maximum atomic E-state index is 12.9. The first kappa shape index (κ1) is 18.9. The number of halogens is 3. The molecule has 0 atom stereocenters. The maximum Gasteiger partial charge on any atom is 0.416 e. The van der Waals surface area contributed by atoms with Gasteiger partial charge in [-0.05, 0) is 38.1 Å². The molecule has 4 aromatic rings. The van der Waals surface area contributed by atoms with Crippen LogP contribution in [-0.4, -0.2) is 20.3 Å². The molecule has 0 amide bonds. The van der Waals surface area contributed by atoms with Gasteiger partial charge in [0.2, 0.25) is 23.5 Å². The summed E-state index contributed by atoms with van der Waals surface area (Å²) in [6.45, 7) is 3.95. The van der Waals surface area contributed by atoms with E-state index in [2.05, 4.69) is 20.3 Å². The van der Waals surface area contributed by atoms with E-state index in [1.165, 1.54) is 12.1 Å². The van der Waals surface area contributed by atoms with Crippen molar-refractivity contribution in [3.8, 4) is 22.8 Å². The van der Waals surface area contributed by atoms with Gasteiger partial charge in [-0.25, -0.2) is 0 Å². The molecule has 2 heterocycles. The number of hydrogen-bond donors (Lipinski definition) is 0. The fourth-order valence-corrected chi connectivity index (χ4v) is 2.95. The molecule has 2 aromatic heterocycles. The van der Waals surface area contributed by atoms with Crippen LogP contribution >= 0.6 is 0 Å². The first-order chi connectivity index (χ1) is 13.8. The lowest BCUT2D eigenvalue weighted by Crippen LogP contribution is -2.04. The second-order valence-electron chi connectivity index (χ2n) is 6.64. The van der Waals surface area contributed by atoms with Gasteiger partial charge < -0.3 is 8.94 Å². The third-order valence-corrected chi connectivity index (χ3v) is 4.15. The topological polar surface area (TPSA) is 77.8 Å². The lowest BCUT2D eigenvalue weighted by atomic mass is 10.1. The molecule has 0 radical (unpaired) electrons. The summed E-state index contributed by atoms with van der Waals surface area (Å²) in [5.74, 6) is 0.844. The zero-order chi connectivity index (χ0) is 20.6. The van der Waals surface area contributed by atoms with Crippen LogP contribution in [0.15, 0.2) is 51.4 Å². The molecule has 0 N–H and O–H groups in total. The molecule has 29 heavy (non-hydrogen) atoms. The highest BCUT2D eigenvalue weighted by molar-refractivity contribution is 5.56. The molecule has 0 saturated heterocycles. The Hall–Kier alpha value is -3.49. The molecule has 0 fully saturated rings. The van der Waals surface area contributed by atoms with Gasteiger partial charge in [-0.2, -0.15) is 18.2 Å². The van der Waals surface area contributed by atoms with Crippen LogP contribution in [0.1, 0.15) is 28.5 Å². The van der Waals surface area contributed by atoms with Crippen molar-refractivity contribution in [2.75, 3.05) is 0 Å². The van der Waals surface area contributed by atoms with Gasteiger partial charge in [-0.15, -0.1) is 10.2 Å². The van der Waals surface area contributed by atoms with E-state index < -0.39 is 11.7 Å². The highest BCUT2D eigenvalue weighted by atomic mass is 19.4. The Morgan fingerprint density at radius 1 is 0.897 bits per heavy atom. The molecular formula is C20H15F3N4O2. The molecule has 2 aromatic carbocycles. The summed E-state index contributed by atoms with van der Waals surface area (Å²) in [5, 5.41) is 11.8. The Morgan fingerprint density at radius 2 is 1.66 bits per heavy atom. The molecule has 0 bridgehead atoms. The fraction of sp³-hybridized carbons (Fsp3) is 0.200. The largest absolute Gasteiger partial charge is 0.420 e. The Morgan fingerprint density at radius 3 is 2.38 bits per heavy atom. The molecule has 0 unspecified atom stereocenters. The number of alkyl halides is 3. The summed E-state index contributed by atoms with van der Waals surface area (Å²) in [5.41, 5.74) is 2.37. The lowest BCUT2D eigenvalue weighted by Gasteiger charge is -2.06. The highest BCUT2D eigenvalue weighted by Gasteiger charge is 2.30. The SMILES string of the molecule is Cc1cc(C)cc(-c2nnc(Cc3nc(-c4cccc(C(F)(F)F)c4)no3)o2)c1. The molecule has 0 spiro atoms. The van der Waals surface area contributed by atoms with Crippen LogP contribution in [0, 0.1) is 13.8 Å². The summed E-state index contributed by atoms with van der Waals surface area (Å²) in [4.78, 5) is 4.14. The number of nitrogens with zero attached hydrogens (tertiary/aromatic N) is 4. The van der Waals surface area contributed by atoms with E-state index in [4.69, 9.17) is 8.94 Å². The molecule has 9 heteroatoms. The third kappa shape index (κ3) is 4.18. The standard InChI is InChI=1S/C20H15F3N4O2/c1-11-6-12(2)8-14(7-11)19-26-25-17(28-19)10-16-24-18(27-29-16)13-4-3-5-15(9-13)20(21,22)23/h3-9H,10H2,1-2H3. The summed E-state index contributed by atoms with van der Waals surface area (Å²) < 4.78 is 49.4. The molecule has 0 aliphatic heterocycles. The van der Waals surface area contributed by atoms with Crippen molar-refractivity contribution in [1.29, 1.82) is 0 Å². The summed E-state index contributed by atoms with van der Waals surface area (Å²) in [7, 11) is 0. The van der Waals surface area contributed by atoms with E-state index in [0.717, 1.165) is 28.8 Å². The number of aryl methyl sites for hydroxylation is 2. The van der Waals surface area contributed by atoms with Gasteiger partial charge in [0.1, 0.15) is 6.42 Å². The van der Waals surface area contributed by atoms with Crippen LogP contribution < -0.4 is 0 Å². The molecule has 0 aliphatic rings. The molecule has 0 saturated carbocycles. The zero-order valence-corrected chi connectivity index (χ0v) is 15.5. The third-order valence-electron chi connectivity index (χ3n) is 4.15. The molecule has 0 aliphatic carbocycles. The van der Waals surface area contributed by atoms with E-state index >= 15 is 0 Å². The monoisotopic (exact) mass is 400 g/mol. The van der Waals surface area contributed by atoms with E-state index in [-0.39, 0.29) is 29.6 Å². The zero-order valence-electron chi connectivity index (χ0n) is 15.5. The Bertz CT molecular complexity index is 1140. The van der Waals surface area contributed by atoms with Crippen molar-refractivity contribution >= 4 is 0 Å². The number of rotatable bonds is 4. The molecule has 6 nitrogen and oxygen atoms in total. The average molecular weight is 400 g/mol. The van der Waals surface area contributed by atoms with Crippen molar-refractivity contribution in [3.05, 3.63) is 70.9 Å². The Balaban J connectivity index is 1.54. The smallest absolute Gasteiger partial charge is 0.416 e. The van der Waals surface area contributed by atoms with Crippen molar-refractivity contribution in [3.63, 3.8) is 0 Å². The van der Waals surface area contributed by atoms with Crippen molar-refractivity contribution in [2.45, 2.75) is 26.4 Å². The van der Waals surface area contributed by atoms with E-state index in [1.54, 1.807) is 0 Å². The van der Waals surface area contributed by atoms with Gasteiger partial charge >= 0.3 is 6.18 Å². The highest BCUT2D eigenvalue weighted by Crippen LogP contribution is 2.31. The molecule has 148 valence electrons. The minimum absolute atomic E-state index is 0.0557. The van der Waals surface area contributed by atoms with E-state index in [9.17, 15) is 13.2 Å². The van der Waals surface area contributed by atoms with Gasteiger partial charge in [0.25, 0.3) is 0 Å². The van der Waals surface area contributed by atoms with Gasteiger partial charge in [-0.1, -0.05) is 34.5 Å². The van der Waals surface area contributed by atoms with Gasteiger partial charge in [-0.3, -0.25) is 0 Å². The lowest BCUT2D eigenvalue weighted by molar-refractivity contribution is -0.137. The second kappa shape index (κ2) is 7.16. The summed E-state index contributed by atoms with van der Waals surface area (Å²) >= 11 is 0. The van der Waals surface area contributed by atoms with E-state index in [0.29, 0.717) is 5.89 Å². The molecular weight excluding hydrogens is 385 g/mol. The van der Waals surface area contributed by atoms with Gasteiger partial charge in [0.05, 0.1) is 5.56 Å². The number of hydrogen-bond acceptors (Lipinski definition) is 6. The van der Waals surface area contributed by atoms with Crippen molar-refractivity contribution < 1.29 is 22.1 Å². The fourth-order valence-electron chi connectivity index (χ4n) is 2.95. The predicted molar refractivity (Wildman–Crippen MR) is 96.8 cm³/mol. The minimum atomic E-state index is -4.45. The van der Waals surface area contributed by atoms with Crippen LogP contribution in [-0.2, 0) is 12.6 Å². The normalized spacial score (nSPS) is 11.8. The Labute approximate surface area is 163 Å². The van der Waals surface area contributed by atoms with Gasteiger partial charge in [0, 0.05) is 11.1 Å². The maximum absolute atomic E-state index is 12.9. The first-order valence-electron chi connectivity index (χ1n) is 8.69. The van der Waals surface area contributed by atoms with Crippen LogP contribution in [0.25, 0.3) is 22.8 Å². The van der Waals surface area contributed by atoms with Gasteiger partial charge in [0.15, 0.2) is 0 Å². The van der Waals surface area contributed by atoms with Crippen LogP contribution in [0.2, 0.25) is 0 Å². The summed E-state index contributed by atoms with van der Waals surface area (Å²) in [6.07, 6.45) is -4.37. The number of aromatic nitrogens is 4. The van der Waals surface area contributed by atoms with Crippen LogP contribution in [0.5, 0.6) is 0 Å². The quantitative estimate of drug-likeness (QED) is 0.479. The average Bonchev–Trinajstić information content (AvgIpc) is 3.30. The molecule has 4 rings (SSSR count). The van der Waals surface area contributed by atoms with Crippen LogP contribution in [0.3, 0.4) is 0 Å². The number of benzene rings is 2. The van der Waals surface area contributed by atoms with E-state index in [1.807, 2.05) is 32.0 Å². The predicted octanol–water partition coefficient (Wildman–Crippen LogP) is 5.01. The Kier molecular flexibility index (Phi) is 4.65. The van der Waals surface area contributed by atoms with Crippen molar-refractivity contribution in [1.82, 2.24) is 20.3 Å². The second-order valence-corrected chi connectivity index (χ2v) is 6.64. The van der Waals surface area contributed by atoms with Crippen molar-refractivity contribution in [2.24, 2.45) is 0 Å². The summed E-state index contributed by atoms with van der Waals surface area (Å²) in [6, 6.07) is 10.6. The van der Waals surface area contributed by atoms with Crippen LogP contribution in [0.4, 0.5) is 13.2 Å². The minimum Gasteiger partial charge on any atom is -0.420 e. The first-order valence-corrected chi connectivity index (χ1v) is 8.69.